The zero-order chi connectivity index (χ0) is 8.65. The molecule has 1 rings (SSSR count). The van der Waals surface area contributed by atoms with Gasteiger partial charge in [0.05, 0.1) is 0 Å². The van der Waals surface area contributed by atoms with Crippen LogP contribution in [0, 0.1) is 0 Å². The normalized spacial score (nSPS) is 10.4. The molecule has 0 aliphatic carbocycles. The molecular formula is C10H12OSe. The second-order valence-corrected chi connectivity index (χ2v) is 4.53. The Kier molecular flexibility index (Phi) is 4.58. The van der Waals surface area contributed by atoms with Crippen LogP contribution in [0.4, 0.5) is 0 Å². The van der Waals surface area contributed by atoms with E-state index in [1.807, 2.05) is 6.07 Å². The van der Waals surface area contributed by atoms with Gasteiger partial charge in [0.2, 0.25) is 0 Å². The number of hydrogen-bond acceptors (Lipinski definition) is 1. The van der Waals surface area contributed by atoms with Gasteiger partial charge in [-0.2, -0.15) is 0 Å². The Morgan fingerprint density at radius 3 is 2.75 bits per heavy atom. The van der Waals surface area contributed by atoms with Gasteiger partial charge in [-0.15, -0.1) is 0 Å². The van der Waals surface area contributed by atoms with Crippen molar-refractivity contribution in [1.29, 1.82) is 0 Å². The second kappa shape index (κ2) is 5.87. The third kappa shape index (κ3) is 3.61. The van der Waals surface area contributed by atoms with E-state index in [0.29, 0.717) is 15.0 Å². The zero-order valence-corrected chi connectivity index (χ0v) is 8.78. The molecule has 0 unspecified atom stereocenters. The zero-order valence-electron chi connectivity index (χ0n) is 7.07. The van der Waals surface area contributed by atoms with Gasteiger partial charge in [0.25, 0.3) is 0 Å². The van der Waals surface area contributed by atoms with Crippen LogP contribution in [0.1, 0.15) is 0 Å². The Labute approximate surface area is 79.6 Å². The third-order valence-electron chi connectivity index (χ3n) is 1.32. The molecule has 0 amide bonds. The van der Waals surface area contributed by atoms with Crippen molar-refractivity contribution >= 4 is 19.4 Å². The first-order valence-corrected chi connectivity index (χ1v) is 5.86. The van der Waals surface area contributed by atoms with Crippen LogP contribution in [-0.4, -0.2) is 22.1 Å². The van der Waals surface area contributed by atoms with Gasteiger partial charge in [-0.05, 0) is 0 Å². The van der Waals surface area contributed by atoms with Crippen molar-refractivity contribution in [2.24, 2.45) is 0 Å². The van der Waals surface area contributed by atoms with Crippen molar-refractivity contribution in [2.75, 3.05) is 7.11 Å². The third-order valence-corrected chi connectivity index (χ3v) is 3.35. The standard InChI is InChI=1S/C10H12OSe/c1-11-8-5-9-12-10-6-3-2-4-7-10/h2-8H,9H2,1H3/b8-5+. The molecule has 2 heteroatoms. The van der Waals surface area contributed by atoms with E-state index >= 15 is 0 Å². The van der Waals surface area contributed by atoms with Crippen molar-refractivity contribution in [3.63, 3.8) is 0 Å². The minimum absolute atomic E-state index is 0.552. The molecule has 0 aliphatic rings. The summed E-state index contributed by atoms with van der Waals surface area (Å²) in [6.07, 6.45) is 3.80. The van der Waals surface area contributed by atoms with E-state index < -0.39 is 0 Å². The number of benzene rings is 1. The van der Waals surface area contributed by atoms with Gasteiger partial charge in [-0.1, -0.05) is 0 Å². The second-order valence-electron chi connectivity index (χ2n) is 2.23. The van der Waals surface area contributed by atoms with Crippen molar-refractivity contribution in [1.82, 2.24) is 0 Å². The molecule has 0 fully saturated rings. The average molecular weight is 227 g/mol. The Hall–Kier alpha value is -0.721. The van der Waals surface area contributed by atoms with Gasteiger partial charge in [0.1, 0.15) is 0 Å². The van der Waals surface area contributed by atoms with E-state index in [1.165, 1.54) is 4.46 Å². The minimum atomic E-state index is 0.552. The predicted octanol–water partition coefficient (Wildman–Crippen LogP) is 1.59. The maximum absolute atomic E-state index is 4.81. The summed E-state index contributed by atoms with van der Waals surface area (Å²) in [6, 6.07) is 10.5. The van der Waals surface area contributed by atoms with E-state index in [0.717, 1.165) is 5.32 Å². The van der Waals surface area contributed by atoms with Crippen LogP contribution in [0.2, 0.25) is 5.32 Å². The predicted molar refractivity (Wildman–Crippen MR) is 52.8 cm³/mol. The fraction of sp³-hybridized carbons (Fsp3) is 0.200. The van der Waals surface area contributed by atoms with Crippen molar-refractivity contribution in [3.05, 3.63) is 42.7 Å². The molecule has 0 radical (unpaired) electrons. The quantitative estimate of drug-likeness (QED) is 0.560. The Morgan fingerprint density at radius 2 is 2.08 bits per heavy atom. The van der Waals surface area contributed by atoms with Crippen LogP contribution in [0.5, 0.6) is 0 Å². The molecule has 64 valence electrons. The van der Waals surface area contributed by atoms with E-state index in [1.54, 1.807) is 13.4 Å². The van der Waals surface area contributed by atoms with Crippen molar-refractivity contribution in [3.8, 4) is 0 Å². The first kappa shape index (κ1) is 9.37. The van der Waals surface area contributed by atoms with Crippen LogP contribution in [-0.2, 0) is 4.74 Å². The molecule has 0 saturated heterocycles. The van der Waals surface area contributed by atoms with Gasteiger partial charge < -0.3 is 0 Å². The van der Waals surface area contributed by atoms with E-state index in [9.17, 15) is 0 Å². The molecule has 12 heavy (non-hydrogen) atoms. The van der Waals surface area contributed by atoms with Gasteiger partial charge in [0, 0.05) is 0 Å². The first-order valence-electron chi connectivity index (χ1n) is 3.79. The summed E-state index contributed by atoms with van der Waals surface area (Å²) >= 11 is 0.552. The number of hydrogen-bond donors (Lipinski definition) is 0. The van der Waals surface area contributed by atoms with E-state index in [2.05, 4.69) is 30.3 Å². The Bertz CT molecular complexity index is 231. The summed E-state index contributed by atoms with van der Waals surface area (Å²) in [5.41, 5.74) is 0. The Balaban J connectivity index is 2.29. The topological polar surface area (TPSA) is 9.23 Å². The molecule has 0 atom stereocenters. The molecule has 0 saturated carbocycles. The molecule has 0 aliphatic heterocycles. The Morgan fingerprint density at radius 1 is 1.33 bits per heavy atom. The van der Waals surface area contributed by atoms with Gasteiger partial charge >= 0.3 is 79.3 Å². The monoisotopic (exact) mass is 228 g/mol. The van der Waals surface area contributed by atoms with Crippen LogP contribution in [0.3, 0.4) is 0 Å². The van der Waals surface area contributed by atoms with Crippen LogP contribution >= 0.6 is 0 Å². The molecule has 0 aromatic heterocycles. The average Bonchev–Trinajstić information content (AvgIpc) is 2.14. The molecule has 1 nitrogen and oxygen atoms in total. The molecular weight excluding hydrogens is 215 g/mol. The summed E-state index contributed by atoms with van der Waals surface area (Å²) in [5, 5.41) is 1.10. The first-order chi connectivity index (χ1) is 5.93. The molecule has 0 N–H and O–H groups in total. The molecule has 1 aromatic rings. The molecule has 0 heterocycles. The summed E-state index contributed by atoms with van der Waals surface area (Å²) in [5.74, 6) is 0. The molecule has 0 spiro atoms. The van der Waals surface area contributed by atoms with Crippen LogP contribution in [0.25, 0.3) is 0 Å². The van der Waals surface area contributed by atoms with E-state index in [-0.39, 0.29) is 0 Å². The summed E-state index contributed by atoms with van der Waals surface area (Å²) < 4.78 is 6.25. The maximum atomic E-state index is 4.81. The number of allylic oxidation sites excluding steroid dienone is 1. The van der Waals surface area contributed by atoms with Crippen LogP contribution < -0.4 is 4.46 Å². The van der Waals surface area contributed by atoms with Gasteiger partial charge in [-0.3, -0.25) is 0 Å². The molecule has 1 aromatic carbocycles. The summed E-state index contributed by atoms with van der Waals surface area (Å²) in [7, 11) is 1.67. The SMILES string of the molecule is CO/C=C/C[Se]c1ccccc1. The number of rotatable bonds is 4. The number of methoxy groups -OCH3 is 1. The summed E-state index contributed by atoms with van der Waals surface area (Å²) in [6.45, 7) is 0. The summed E-state index contributed by atoms with van der Waals surface area (Å²) in [4.78, 5) is 0. The van der Waals surface area contributed by atoms with Crippen LogP contribution in [0.15, 0.2) is 42.7 Å². The van der Waals surface area contributed by atoms with Gasteiger partial charge in [0.15, 0.2) is 0 Å². The van der Waals surface area contributed by atoms with E-state index in [4.69, 9.17) is 4.74 Å². The fourth-order valence-corrected chi connectivity index (χ4v) is 2.30. The van der Waals surface area contributed by atoms with Gasteiger partial charge in [-0.25, -0.2) is 0 Å². The van der Waals surface area contributed by atoms with Crippen molar-refractivity contribution in [2.45, 2.75) is 5.32 Å². The van der Waals surface area contributed by atoms with Crippen molar-refractivity contribution < 1.29 is 4.74 Å². The fourth-order valence-electron chi connectivity index (χ4n) is 0.797. The molecule has 0 bridgehead atoms. The number of ether oxygens (including phenoxy) is 1.